The highest BCUT2D eigenvalue weighted by Crippen LogP contribution is 2.24. The zero-order valence-electron chi connectivity index (χ0n) is 18.4. The van der Waals surface area contributed by atoms with E-state index >= 15 is 0 Å². The number of sulfonamides is 1. The van der Waals surface area contributed by atoms with E-state index in [0.717, 1.165) is 15.6 Å². The molecule has 1 aliphatic rings. The van der Waals surface area contributed by atoms with Gasteiger partial charge in [0.15, 0.2) is 0 Å². The summed E-state index contributed by atoms with van der Waals surface area (Å²) in [6, 6.07) is 13.4. The van der Waals surface area contributed by atoms with Crippen molar-refractivity contribution in [1.29, 1.82) is 0 Å². The lowest BCUT2D eigenvalue weighted by Crippen LogP contribution is -2.47. The molecule has 2 aromatic rings. The normalized spacial score (nSPS) is 16.2. The van der Waals surface area contributed by atoms with Gasteiger partial charge < -0.3 is 24.8 Å². The number of amides is 2. The van der Waals surface area contributed by atoms with Crippen molar-refractivity contribution in [1.82, 2.24) is 14.9 Å². The molecule has 0 saturated carbocycles. The third-order valence-electron chi connectivity index (χ3n) is 5.11. The van der Waals surface area contributed by atoms with Crippen molar-refractivity contribution in [2.45, 2.75) is 17.5 Å². The molecular formula is C22H27N3O7S. The smallest absolute Gasteiger partial charge is 0.309 e. The molecule has 0 aromatic heterocycles. The molecule has 178 valence electrons. The minimum atomic E-state index is -3.84. The van der Waals surface area contributed by atoms with E-state index in [1.54, 1.807) is 19.2 Å². The van der Waals surface area contributed by atoms with Crippen LogP contribution in [0.4, 0.5) is 0 Å². The number of methoxy groups -OCH3 is 2. The predicted octanol–water partition coefficient (Wildman–Crippen LogP) is 0.526. The van der Waals surface area contributed by atoms with Crippen molar-refractivity contribution in [3.05, 3.63) is 54.1 Å². The second kappa shape index (κ2) is 11.1. The summed E-state index contributed by atoms with van der Waals surface area (Å²) < 4.78 is 42.7. The Labute approximate surface area is 192 Å². The highest BCUT2D eigenvalue weighted by molar-refractivity contribution is 7.89. The summed E-state index contributed by atoms with van der Waals surface area (Å²) in [6.07, 6.45) is -0.365. The van der Waals surface area contributed by atoms with Crippen LogP contribution in [-0.2, 0) is 30.8 Å². The fourth-order valence-electron chi connectivity index (χ4n) is 3.28. The molecule has 1 fully saturated rings. The Kier molecular flexibility index (Phi) is 8.26. The maximum Gasteiger partial charge on any atom is 0.309 e. The van der Waals surface area contributed by atoms with E-state index in [1.165, 1.54) is 19.2 Å². The molecule has 0 bridgehead atoms. The monoisotopic (exact) mass is 477 g/mol. The minimum Gasteiger partial charge on any atom is -0.497 e. The van der Waals surface area contributed by atoms with E-state index in [1.807, 2.05) is 24.3 Å². The lowest BCUT2D eigenvalue weighted by atomic mass is 10.1. The summed E-state index contributed by atoms with van der Waals surface area (Å²) >= 11 is 0. The number of hydrogen-bond donors (Lipinski definition) is 2. The molecule has 11 heteroatoms. The second-order valence-electron chi connectivity index (χ2n) is 7.18. The molecule has 0 spiro atoms. The van der Waals surface area contributed by atoms with Crippen molar-refractivity contribution >= 4 is 21.8 Å². The molecule has 2 N–H and O–H groups in total. The van der Waals surface area contributed by atoms with Crippen LogP contribution >= 0.6 is 0 Å². The fourth-order valence-corrected chi connectivity index (χ4v) is 4.79. The number of hydrogen-bond acceptors (Lipinski definition) is 7. The number of benzene rings is 2. The van der Waals surface area contributed by atoms with Crippen LogP contribution in [0.3, 0.4) is 0 Å². The molecule has 33 heavy (non-hydrogen) atoms. The van der Waals surface area contributed by atoms with E-state index in [0.29, 0.717) is 12.2 Å². The SMILES string of the molecule is COc1ccc(CCNC(=O)C(=O)NC[C@H]2OCCN2S(=O)(=O)c2ccc(OC)cc2)cc1. The van der Waals surface area contributed by atoms with Crippen LogP contribution in [0.15, 0.2) is 53.4 Å². The van der Waals surface area contributed by atoms with Crippen molar-refractivity contribution < 1.29 is 32.2 Å². The zero-order chi connectivity index (χ0) is 23.8. The van der Waals surface area contributed by atoms with Crippen LogP contribution in [0.1, 0.15) is 5.56 Å². The van der Waals surface area contributed by atoms with Crippen LogP contribution in [0, 0.1) is 0 Å². The second-order valence-corrected chi connectivity index (χ2v) is 9.07. The zero-order valence-corrected chi connectivity index (χ0v) is 19.3. The third kappa shape index (κ3) is 6.21. The molecule has 1 heterocycles. The van der Waals surface area contributed by atoms with Crippen LogP contribution in [0.5, 0.6) is 11.5 Å². The highest BCUT2D eigenvalue weighted by atomic mass is 32.2. The van der Waals surface area contributed by atoms with Gasteiger partial charge in [-0.25, -0.2) is 8.42 Å². The standard InChI is InChI=1S/C22H27N3O7S/c1-30-17-5-3-16(4-6-17)11-12-23-21(26)22(27)24-15-20-25(13-14-32-20)33(28,29)19-9-7-18(31-2)8-10-19/h3-10,20H,11-15H2,1-2H3,(H,23,26)(H,24,27)/t20-/m1/s1. The average molecular weight is 478 g/mol. The van der Waals surface area contributed by atoms with Gasteiger partial charge in [0.2, 0.25) is 10.0 Å². The van der Waals surface area contributed by atoms with Gasteiger partial charge in [-0.1, -0.05) is 12.1 Å². The largest absolute Gasteiger partial charge is 0.497 e. The first-order valence-corrected chi connectivity index (χ1v) is 11.8. The molecule has 0 unspecified atom stereocenters. The summed E-state index contributed by atoms with van der Waals surface area (Å²) in [7, 11) is -0.766. The van der Waals surface area contributed by atoms with Crippen LogP contribution in [0.25, 0.3) is 0 Å². The number of ether oxygens (including phenoxy) is 3. The van der Waals surface area contributed by atoms with E-state index in [-0.39, 0.29) is 31.1 Å². The topological polar surface area (TPSA) is 123 Å². The molecule has 2 amide bonds. The van der Waals surface area contributed by atoms with Gasteiger partial charge in [-0.3, -0.25) is 9.59 Å². The Morgan fingerprint density at radius 2 is 1.55 bits per heavy atom. The Balaban J connectivity index is 1.49. The van der Waals surface area contributed by atoms with Gasteiger partial charge in [-0.15, -0.1) is 0 Å². The van der Waals surface area contributed by atoms with Gasteiger partial charge in [0.1, 0.15) is 17.7 Å². The fraction of sp³-hybridized carbons (Fsp3) is 0.364. The van der Waals surface area contributed by atoms with Crippen molar-refractivity contribution in [2.24, 2.45) is 0 Å². The van der Waals surface area contributed by atoms with Crippen molar-refractivity contribution in [3.63, 3.8) is 0 Å². The van der Waals surface area contributed by atoms with E-state index in [2.05, 4.69) is 10.6 Å². The molecule has 2 aromatic carbocycles. The van der Waals surface area contributed by atoms with Crippen LogP contribution < -0.4 is 20.1 Å². The number of rotatable bonds is 9. The van der Waals surface area contributed by atoms with Crippen molar-refractivity contribution in [3.8, 4) is 11.5 Å². The molecular weight excluding hydrogens is 450 g/mol. The molecule has 1 aliphatic heterocycles. The van der Waals surface area contributed by atoms with Crippen LogP contribution in [-0.4, -0.2) is 71.2 Å². The number of carbonyl (C=O) groups is 2. The lowest BCUT2D eigenvalue weighted by Gasteiger charge is -2.23. The predicted molar refractivity (Wildman–Crippen MR) is 119 cm³/mol. The summed E-state index contributed by atoms with van der Waals surface area (Å²) in [5.41, 5.74) is 0.982. The molecule has 1 atom stereocenters. The third-order valence-corrected chi connectivity index (χ3v) is 7.01. The Bertz CT molecular complexity index is 1060. The lowest BCUT2D eigenvalue weighted by molar-refractivity contribution is -0.139. The Morgan fingerprint density at radius 3 is 2.15 bits per heavy atom. The number of carbonyl (C=O) groups excluding carboxylic acids is 2. The van der Waals surface area contributed by atoms with Gasteiger partial charge in [-0.2, -0.15) is 4.31 Å². The van der Waals surface area contributed by atoms with E-state index in [4.69, 9.17) is 14.2 Å². The maximum atomic E-state index is 12.9. The first-order valence-electron chi connectivity index (χ1n) is 10.3. The summed E-state index contributed by atoms with van der Waals surface area (Å²) in [4.78, 5) is 24.3. The van der Waals surface area contributed by atoms with Crippen molar-refractivity contribution in [2.75, 3.05) is 40.5 Å². The van der Waals surface area contributed by atoms with Crippen LogP contribution in [0.2, 0.25) is 0 Å². The summed E-state index contributed by atoms with van der Waals surface area (Å²) in [5, 5.41) is 4.99. The number of nitrogens with one attached hydrogen (secondary N) is 2. The summed E-state index contributed by atoms with van der Waals surface area (Å²) in [5.74, 6) is -0.388. The van der Waals surface area contributed by atoms with Gasteiger partial charge >= 0.3 is 11.8 Å². The Hall–Kier alpha value is -3.15. The molecule has 1 saturated heterocycles. The average Bonchev–Trinajstić information content (AvgIpc) is 3.32. The quantitative estimate of drug-likeness (QED) is 0.505. The molecule has 10 nitrogen and oxygen atoms in total. The van der Waals surface area contributed by atoms with Gasteiger partial charge in [0.25, 0.3) is 0 Å². The van der Waals surface area contributed by atoms with Gasteiger partial charge in [0, 0.05) is 13.1 Å². The van der Waals surface area contributed by atoms with Gasteiger partial charge in [0.05, 0.1) is 32.3 Å². The minimum absolute atomic E-state index is 0.0846. The first-order chi connectivity index (χ1) is 15.8. The molecule has 3 rings (SSSR count). The highest BCUT2D eigenvalue weighted by Gasteiger charge is 2.36. The summed E-state index contributed by atoms with van der Waals surface area (Å²) in [6.45, 7) is 0.448. The maximum absolute atomic E-state index is 12.9. The Morgan fingerprint density at radius 1 is 0.970 bits per heavy atom. The first kappa shape index (κ1) is 24.5. The number of nitrogens with zero attached hydrogens (tertiary/aromatic N) is 1. The van der Waals surface area contributed by atoms with E-state index < -0.39 is 28.1 Å². The molecule has 0 radical (unpaired) electrons. The van der Waals surface area contributed by atoms with E-state index in [9.17, 15) is 18.0 Å². The van der Waals surface area contributed by atoms with Gasteiger partial charge in [-0.05, 0) is 48.4 Å². The molecule has 0 aliphatic carbocycles.